The molecule has 0 amide bonds. The predicted octanol–water partition coefficient (Wildman–Crippen LogP) is 1.50. The van der Waals surface area contributed by atoms with Gasteiger partial charge in [0, 0.05) is 7.11 Å². The Morgan fingerprint density at radius 2 is 1.44 bits per heavy atom. The third kappa shape index (κ3) is 5.52. The number of rotatable bonds is 5. The van der Waals surface area contributed by atoms with Gasteiger partial charge >= 0.3 is 12.4 Å². The standard InChI is InChI=1S/C7H10F6O3/c1-15-2-4(14)3-16-5(6(8,9)10)7(11,12)13/h4-5,14H,2-3H2,1H3. The quantitative estimate of drug-likeness (QED) is 0.758. The fourth-order valence-corrected chi connectivity index (χ4v) is 0.822. The molecule has 0 aromatic rings. The Hall–Kier alpha value is -0.540. The van der Waals surface area contributed by atoms with Gasteiger partial charge in [-0.3, -0.25) is 0 Å². The smallest absolute Gasteiger partial charge is 0.388 e. The van der Waals surface area contributed by atoms with Crippen molar-refractivity contribution >= 4 is 0 Å². The van der Waals surface area contributed by atoms with Crippen LogP contribution in [0, 0.1) is 0 Å². The Kier molecular flexibility index (Phi) is 5.50. The van der Waals surface area contributed by atoms with Gasteiger partial charge in [0.25, 0.3) is 0 Å². The number of hydrogen-bond acceptors (Lipinski definition) is 3. The minimum absolute atomic E-state index is 0.414. The molecule has 0 heterocycles. The third-order valence-corrected chi connectivity index (χ3v) is 1.41. The topological polar surface area (TPSA) is 38.7 Å². The highest BCUT2D eigenvalue weighted by Gasteiger charge is 2.58. The van der Waals surface area contributed by atoms with Gasteiger partial charge in [-0.1, -0.05) is 0 Å². The molecule has 1 N–H and O–H groups in total. The van der Waals surface area contributed by atoms with Crippen LogP contribution in [0.4, 0.5) is 26.3 Å². The number of alkyl halides is 6. The Balaban J connectivity index is 4.36. The summed E-state index contributed by atoms with van der Waals surface area (Å²) in [6.45, 7) is -1.53. The van der Waals surface area contributed by atoms with Crippen LogP contribution >= 0.6 is 0 Å². The van der Waals surface area contributed by atoms with Gasteiger partial charge in [0.05, 0.1) is 13.2 Å². The van der Waals surface area contributed by atoms with Crippen LogP contribution in [0.1, 0.15) is 0 Å². The minimum atomic E-state index is -5.56. The lowest BCUT2D eigenvalue weighted by Crippen LogP contribution is -2.45. The summed E-state index contributed by atoms with van der Waals surface area (Å²) >= 11 is 0. The molecule has 0 aliphatic carbocycles. The second-order valence-electron chi connectivity index (χ2n) is 2.91. The van der Waals surface area contributed by atoms with E-state index in [0.717, 1.165) is 7.11 Å². The van der Waals surface area contributed by atoms with Gasteiger partial charge in [-0.2, -0.15) is 26.3 Å². The first-order valence-electron chi connectivity index (χ1n) is 4.01. The Labute approximate surface area is 86.9 Å². The second kappa shape index (κ2) is 5.69. The molecular formula is C7H10F6O3. The van der Waals surface area contributed by atoms with E-state index >= 15 is 0 Å². The van der Waals surface area contributed by atoms with Crippen molar-refractivity contribution < 1.29 is 40.9 Å². The van der Waals surface area contributed by atoms with Crippen LogP contribution in [0.25, 0.3) is 0 Å². The third-order valence-electron chi connectivity index (χ3n) is 1.41. The molecule has 0 bridgehead atoms. The van der Waals surface area contributed by atoms with E-state index in [1.165, 1.54) is 0 Å². The van der Waals surface area contributed by atoms with Crippen molar-refractivity contribution in [3.05, 3.63) is 0 Å². The molecular weight excluding hydrogens is 246 g/mol. The number of methoxy groups -OCH3 is 1. The summed E-state index contributed by atoms with van der Waals surface area (Å²) in [6.07, 6.45) is -16.6. The molecule has 0 rings (SSSR count). The van der Waals surface area contributed by atoms with Crippen LogP contribution in [0.15, 0.2) is 0 Å². The van der Waals surface area contributed by atoms with E-state index in [1.54, 1.807) is 0 Å². The van der Waals surface area contributed by atoms with Crippen molar-refractivity contribution in [2.24, 2.45) is 0 Å². The second-order valence-corrected chi connectivity index (χ2v) is 2.91. The van der Waals surface area contributed by atoms with Crippen molar-refractivity contribution in [1.82, 2.24) is 0 Å². The predicted molar refractivity (Wildman–Crippen MR) is 39.7 cm³/mol. The fraction of sp³-hybridized carbons (Fsp3) is 1.00. The molecule has 0 saturated carbocycles. The maximum absolute atomic E-state index is 11.9. The lowest BCUT2D eigenvalue weighted by Gasteiger charge is -2.24. The molecule has 3 nitrogen and oxygen atoms in total. The molecule has 16 heavy (non-hydrogen) atoms. The minimum Gasteiger partial charge on any atom is -0.388 e. The van der Waals surface area contributed by atoms with Gasteiger partial charge in [-0.25, -0.2) is 0 Å². The highest BCUT2D eigenvalue weighted by molar-refractivity contribution is 4.76. The van der Waals surface area contributed by atoms with Crippen LogP contribution < -0.4 is 0 Å². The molecule has 0 aromatic carbocycles. The summed E-state index contributed by atoms with van der Waals surface area (Å²) < 4.78 is 79.3. The van der Waals surface area contributed by atoms with Crippen molar-refractivity contribution in [3.8, 4) is 0 Å². The van der Waals surface area contributed by atoms with Crippen molar-refractivity contribution in [3.63, 3.8) is 0 Å². The van der Waals surface area contributed by atoms with E-state index in [4.69, 9.17) is 5.11 Å². The molecule has 1 unspecified atom stereocenters. The van der Waals surface area contributed by atoms with Crippen molar-refractivity contribution in [1.29, 1.82) is 0 Å². The summed E-state index contributed by atoms with van der Waals surface area (Å²) in [7, 11) is 1.13. The number of aliphatic hydroxyl groups is 1. The lowest BCUT2D eigenvalue weighted by atomic mass is 10.3. The molecule has 0 spiro atoms. The maximum Gasteiger partial charge on any atom is 0.423 e. The monoisotopic (exact) mass is 256 g/mol. The van der Waals surface area contributed by atoms with Crippen LogP contribution in [0.2, 0.25) is 0 Å². The molecule has 0 aliphatic rings. The summed E-state index contributed by atoms with van der Waals surface area (Å²) in [4.78, 5) is 0. The fourth-order valence-electron chi connectivity index (χ4n) is 0.822. The summed E-state index contributed by atoms with van der Waals surface area (Å²) in [5.41, 5.74) is 0. The first-order valence-corrected chi connectivity index (χ1v) is 4.01. The number of ether oxygens (including phenoxy) is 2. The van der Waals surface area contributed by atoms with Crippen LogP contribution in [-0.4, -0.2) is 50.0 Å². The van der Waals surface area contributed by atoms with Gasteiger partial charge in [-0.05, 0) is 0 Å². The SMILES string of the molecule is COCC(O)COC(C(F)(F)F)C(F)(F)F. The number of aliphatic hydroxyl groups excluding tert-OH is 1. The molecule has 0 saturated heterocycles. The number of halogens is 6. The lowest BCUT2D eigenvalue weighted by molar-refractivity contribution is -0.325. The zero-order chi connectivity index (χ0) is 13.0. The van der Waals surface area contributed by atoms with E-state index in [9.17, 15) is 26.3 Å². The summed E-state index contributed by atoms with van der Waals surface area (Å²) in [5, 5.41) is 8.84. The Morgan fingerprint density at radius 3 is 1.75 bits per heavy atom. The van der Waals surface area contributed by atoms with Gasteiger partial charge in [-0.15, -0.1) is 0 Å². The highest BCUT2D eigenvalue weighted by Crippen LogP contribution is 2.35. The number of hydrogen-bond donors (Lipinski definition) is 1. The highest BCUT2D eigenvalue weighted by atomic mass is 19.4. The van der Waals surface area contributed by atoms with Crippen LogP contribution in [0.3, 0.4) is 0 Å². The molecule has 0 aliphatic heterocycles. The van der Waals surface area contributed by atoms with E-state index in [0.29, 0.717) is 0 Å². The van der Waals surface area contributed by atoms with E-state index in [-0.39, 0.29) is 0 Å². The molecule has 0 aromatic heterocycles. The molecule has 1 atom stereocenters. The summed E-state index contributed by atoms with van der Waals surface area (Å²) in [6, 6.07) is 0. The molecule has 98 valence electrons. The first kappa shape index (κ1) is 15.5. The average molecular weight is 256 g/mol. The largest absolute Gasteiger partial charge is 0.423 e. The summed E-state index contributed by atoms with van der Waals surface area (Å²) in [5.74, 6) is 0. The molecule has 0 radical (unpaired) electrons. The zero-order valence-corrected chi connectivity index (χ0v) is 8.10. The van der Waals surface area contributed by atoms with Crippen LogP contribution in [-0.2, 0) is 9.47 Å². The van der Waals surface area contributed by atoms with Crippen molar-refractivity contribution in [2.45, 2.75) is 24.6 Å². The first-order chi connectivity index (χ1) is 7.09. The Morgan fingerprint density at radius 1 is 1.00 bits per heavy atom. The van der Waals surface area contributed by atoms with Gasteiger partial charge in [0.15, 0.2) is 0 Å². The van der Waals surface area contributed by atoms with E-state index in [2.05, 4.69) is 9.47 Å². The van der Waals surface area contributed by atoms with Crippen LogP contribution in [0.5, 0.6) is 0 Å². The van der Waals surface area contributed by atoms with E-state index < -0.39 is 37.8 Å². The average Bonchev–Trinajstić information content (AvgIpc) is 1.99. The maximum atomic E-state index is 11.9. The van der Waals surface area contributed by atoms with E-state index in [1.807, 2.05) is 0 Å². The van der Waals surface area contributed by atoms with Gasteiger partial charge < -0.3 is 14.6 Å². The van der Waals surface area contributed by atoms with Gasteiger partial charge in [0.1, 0.15) is 6.10 Å². The zero-order valence-electron chi connectivity index (χ0n) is 8.10. The normalized spacial score (nSPS) is 15.6. The Bertz CT molecular complexity index is 187. The molecule has 0 fully saturated rings. The van der Waals surface area contributed by atoms with Gasteiger partial charge in [0.2, 0.25) is 6.10 Å². The molecule has 9 heteroatoms. The van der Waals surface area contributed by atoms with Crippen molar-refractivity contribution in [2.75, 3.05) is 20.3 Å².